The molecule has 2 heteroatoms. The molecule has 0 bridgehead atoms. The van der Waals surface area contributed by atoms with Crippen molar-refractivity contribution in [3.63, 3.8) is 0 Å². The molecule has 1 heterocycles. The SMILES string of the molecule is O=C1[IH]Cc2ccccc21. The summed E-state index contributed by atoms with van der Waals surface area (Å²) >= 11 is -0.352. The zero-order valence-corrected chi connectivity index (χ0v) is 7.66. The Balaban J connectivity index is 2.61. The molecule has 10 heavy (non-hydrogen) atoms. The molecular formula is C8H7IO. The number of rotatable bonds is 0. The molecule has 1 aromatic rings. The zero-order valence-electron chi connectivity index (χ0n) is 5.33. The number of carbonyl (C=O) groups excluding carboxylic acids is 1. The summed E-state index contributed by atoms with van der Waals surface area (Å²) in [5.41, 5.74) is 2.26. The maximum atomic E-state index is 11.1. The normalized spacial score (nSPS) is 16.2. The van der Waals surface area contributed by atoms with Crippen molar-refractivity contribution in [1.82, 2.24) is 0 Å². The summed E-state index contributed by atoms with van der Waals surface area (Å²) in [4.78, 5) is 11.1. The minimum atomic E-state index is -0.352. The van der Waals surface area contributed by atoms with E-state index in [2.05, 4.69) is 6.07 Å². The van der Waals surface area contributed by atoms with Gasteiger partial charge in [-0.1, -0.05) is 0 Å². The summed E-state index contributed by atoms with van der Waals surface area (Å²) in [5, 5.41) is 0. The Bertz CT molecular complexity index is 280. The van der Waals surface area contributed by atoms with Crippen LogP contribution in [0.1, 0.15) is 15.9 Å². The molecule has 0 saturated heterocycles. The third-order valence-corrected chi connectivity index (χ3v) is 4.27. The van der Waals surface area contributed by atoms with Gasteiger partial charge >= 0.3 is 69.6 Å². The van der Waals surface area contributed by atoms with Crippen LogP contribution in [-0.4, -0.2) is 3.79 Å². The van der Waals surface area contributed by atoms with Crippen molar-refractivity contribution < 1.29 is 4.79 Å². The molecule has 0 unspecified atom stereocenters. The van der Waals surface area contributed by atoms with Gasteiger partial charge in [-0.2, -0.15) is 0 Å². The van der Waals surface area contributed by atoms with Crippen LogP contribution in [0.25, 0.3) is 0 Å². The molecule has 1 nitrogen and oxygen atoms in total. The van der Waals surface area contributed by atoms with Crippen molar-refractivity contribution in [2.24, 2.45) is 0 Å². The standard InChI is InChI=1S/C8H7IO/c10-8-7-4-2-1-3-6(7)5-9-8/h1-4,9H,5H2. The Morgan fingerprint density at radius 2 is 2.10 bits per heavy atom. The number of hydrogen-bond donors (Lipinski definition) is 0. The molecule has 52 valence electrons. The van der Waals surface area contributed by atoms with Crippen LogP contribution in [0.3, 0.4) is 0 Å². The number of hydrogen-bond acceptors (Lipinski definition) is 1. The first-order chi connectivity index (χ1) is 4.88. The molecule has 0 radical (unpaired) electrons. The van der Waals surface area contributed by atoms with E-state index < -0.39 is 0 Å². The van der Waals surface area contributed by atoms with Crippen LogP contribution in [0.4, 0.5) is 0 Å². The van der Waals surface area contributed by atoms with Gasteiger partial charge in [-0.3, -0.25) is 0 Å². The maximum absolute atomic E-state index is 11.1. The quantitative estimate of drug-likeness (QED) is 0.389. The molecule has 1 aliphatic heterocycles. The van der Waals surface area contributed by atoms with Gasteiger partial charge in [0.25, 0.3) is 0 Å². The summed E-state index contributed by atoms with van der Waals surface area (Å²) in [7, 11) is 0. The van der Waals surface area contributed by atoms with E-state index in [0.29, 0.717) is 3.79 Å². The predicted molar refractivity (Wildman–Crippen MR) is 49.9 cm³/mol. The molecule has 0 aromatic heterocycles. The molecule has 0 aliphatic carbocycles. The topological polar surface area (TPSA) is 17.1 Å². The number of halogens is 1. The Labute approximate surface area is 69.7 Å². The van der Waals surface area contributed by atoms with Gasteiger partial charge in [0.05, 0.1) is 0 Å². The van der Waals surface area contributed by atoms with Crippen molar-refractivity contribution in [1.29, 1.82) is 0 Å². The molecular weight excluding hydrogens is 239 g/mol. The Morgan fingerprint density at radius 3 is 2.90 bits per heavy atom. The molecule has 1 aromatic carbocycles. The van der Waals surface area contributed by atoms with Crippen LogP contribution in [0.2, 0.25) is 0 Å². The monoisotopic (exact) mass is 246 g/mol. The van der Waals surface area contributed by atoms with E-state index in [1.54, 1.807) is 0 Å². The van der Waals surface area contributed by atoms with Gasteiger partial charge < -0.3 is 0 Å². The number of carbonyl (C=O) groups is 1. The van der Waals surface area contributed by atoms with E-state index in [1.807, 2.05) is 18.2 Å². The Morgan fingerprint density at radius 1 is 1.30 bits per heavy atom. The van der Waals surface area contributed by atoms with E-state index in [0.717, 1.165) is 9.99 Å². The summed E-state index contributed by atoms with van der Waals surface area (Å²) in [6.45, 7) is 0. The average molecular weight is 246 g/mol. The molecule has 0 N–H and O–H groups in total. The van der Waals surface area contributed by atoms with Crippen LogP contribution in [0.15, 0.2) is 24.3 Å². The van der Waals surface area contributed by atoms with Crippen LogP contribution in [0.5, 0.6) is 0 Å². The molecule has 0 saturated carbocycles. The predicted octanol–water partition coefficient (Wildman–Crippen LogP) is 2.04. The second-order valence-electron chi connectivity index (χ2n) is 2.23. The van der Waals surface area contributed by atoms with Crippen molar-refractivity contribution in [2.75, 3.05) is 0 Å². The number of fused-ring (bicyclic) bond motifs is 1. The molecule has 0 amide bonds. The van der Waals surface area contributed by atoms with Crippen LogP contribution in [-0.2, 0) is 4.43 Å². The van der Waals surface area contributed by atoms with Gasteiger partial charge in [-0.05, 0) is 0 Å². The summed E-state index contributed by atoms with van der Waals surface area (Å²) in [6, 6.07) is 7.94. The van der Waals surface area contributed by atoms with Crippen LogP contribution < -0.4 is 0 Å². The third-order valence-electron chi connectivity index (χ3n) is 1.60. The second-order valence-corrected chi connectivity index (χ2v) is 4.94. The summed E-state index contributed by atoms with van der Waals surface area (Å²) < 4.78 is 1.50. The van der Waals surface area contributed by atoms with Crippen molar-refractivity contribution in [3.05, 3.63) is 35.4 Å². The zero-order chi connectivity index (χ0) is 6.97. The summed E-state index contributed by atoms with van der Waals surface area (Å²) in [5.74, 6) is 0. The Kier molecular flexibility index (Phi) is 1.48. The van der Waals surface area contributed by atoms with Crippen LogP contribution >= 0.6 is 21.2 Å². The van der Waals surface area contributed by atoms with Gasteiger partial charge in [0.2, 0.25) is 0 Å². The molecule has 0 spiro atoms. The molecule has 0 atom stereocenters. The average Bonchev–Trinajstić information content (AvgIpc) is 2.34. The van der Waals surface area contributed by atoms with Crippen LogP contribution in [0, 0.1) is 0 Å². The van der Waals surface area contributed by atoms with E-state index in [1.165, 1.54) is 5.56 Å². The van der Waals surface area contributed by atoms with E-state index >= 15 is 0 Å². The van der Waals surface area contributed by atoms with Gasteiger partial charge in [0.15, 0.2) is 0 Å². The molecule has 1 aliphatic rings. The first-order valence-electron chi connectivity index (χ1n) is 3.13. The van der Waals surface area contributed by atoms with Gasteiger partial charge in [0, 0.05) is 0 Å². The first kappa shape index (κ1) is 6.34. The molecule has 0 fully saturated rings. The fourth-order valence-corrected chi connectivity index (χ4v) is 3.61. The fourth-order valence-electron chi connectivity index (χ4n) is 1.07. The van der Waals surface area contributed by atoms with E-state index in [4.69, 9.17) is 0 Å². The Hall–Kier alpha value is -0.380. The van der Waals surface area contributed by atoms with E-state index in [9.17, 15) is 4.79 Å². The van der Waals surface area contributed by atoms with Crippen molar-refractivity contribution in [2.45, 2.75) is 4.43 Å². The minimum absolute atomic E-state index is 0.352. The molecule has 2 rings (SSSR count). The van der Waals surface area contributed by atoms with Gasteiger partial charge in [0.1, 0.15) is 0 Å². The fraction of sp³-hybridized carbons (Fsp3) is 0.125. The third kappa shape index (κ3) is 0.868. The number of alkyl halides is 1. The summed E-state index contributed by atoms with van der Waals surface area (Å²) in [6.07, 6.45) is 0. The van der Waals surface area contributed by atoms with Gasteiger partial charge in [-0.25, -0.2) is 0 Å². The van der Waals surface area contributed by atoms with Gasteiger partial charge in [-0.15, -0.1) is 0 Å². The van der Waals surface area contributed by atoms with Crippen molar-refractivity contribution in [3.8, 4) is 0 Å². The van der Waals surface area contributed by atoms with Crippen molar-refractivity contribution >= 4 is 25.0 Å². The van der Waals surface area contributed by atoms with E-state index in [-0.39, 0.29) is 21.2 Å². The number of benzene rings is 1. The second kappa shape index (κ2) is 2.34. The first-order valence-corrected chi connectivity index (χ1v) is 5.94.